The van der Waals surface area contributed by atoms with Gasteiger partial charge in [0.05, 0.1) is 5.56 Å². The number of amides is 2. The molecule has 1 saturated heterocycles. The number of pyridine rings is 1. The summed E-state index contributed by atoms with van der Waals surface area (Å²) in [6.45, 7) is 0. The van der Waals surface area contributed by atoms with Crippen molar-refractivity contribution in [2.75, 3.05) is 0 Å². The number of carbonyl (C=O) groups excluding carboxylic acids is 3. The van der Waals surface area contributed by atoms with Crippen molar-refractivity contribution in [3.05, 3.63) is 27.6 Å². The van der Waals surface area contributed by atoms with Crippen molar-refractivity contribution in [3.8, 4) is 0 Å². The smallest absolute Gasteiger partial charge is 0.325 e. The maximum absolute atomic E-state index is 11.6. The summed E-state index contributed by atoms with van der Waals surface area (Å²) in [5, 5.41) is 0.514. The molecule has 2 rings (SSSR count). The summed E-state index contributed by atoms with van der Waals surface area (Å²) in [4.78, 5) is 42.7. The lowest BCUT2D eigenvalue weighted by Crippen LogP contribution is -2.32. The molecule has 1 aromatic heterocycles. The van der Waals surface area contributed by atoms with Gasteiger partial charge in [0.15, 0.2) is 0 Å². The number of hydroxylamine groups is 2. The monoisotopic (exact) mass is 346 g/mol. The van der Waals surface area contributed by atoms with Crippen molar-refractivity contribution < 1.29 is 19.2 Å². The quantitative estimate of drug-likeness (QED) is 0.452. The van der Waals surface area contributed by atoms with Gasteiger partial charge in [-0.25, -0.2) is 9.78 Å². The van der Waals surface area contributed by atoms with E-state index in [0.29, 0.717) is 5.06 Å². The molecule has 0 N–H and O–H groups in total. The molecule has 7 heteroatoms. The molecule has 2 amide bonds. The minimum Gasteiger partial charge on any atom is -0.325 e. The number of aromatic nitrogens is 1. The Hall–Kier alpha value is -1.51. The molecule has 0 aliphatic carbocycles. The number of hydrogen-bond donors (Lipinski definition) is 0. The lowest BCUT2D eigenvalue weighted by molar-refractivity contribution is -0.172. The highest BCUT2D eigenvalue weighted by atomic mass is 127. The van der Waals surface area contributed by atoms with Crippen LogP contribution in [0.5, 0.6) is 0 Å². The van der Waals surface area contributed by atoms with Crippen molar-refractivity contribution in [3.63, 3.8) is 0 Å². The largest absolute Gasteiger partial charge is 0.365 e. The Labute approximate surface area is 110 Å². The lowest BCUT2D eigenvalue weighted by atomic mass is 10.3. The van der Waals surface area contributed by atoms with E-state index in [9.17, 15) is 14.4 Å². The van der Waals surface area contributed by atoms with E-state index in [1.807, 2.05) is 22.6 Å². The fourth-order valence-electron chi connectivity index (χ4n) is 1.29. The Morgan fingerprint density at radius 3 is 2.47 bits per heavy atom. The SMILES string of the molecule is O=C(ON1C(=O)CCC1=O)c1ccc(I)nc1. The third kappa shape index (κ3) is 2.60. The lowest BCUT2D eigenvalue weighted by Gasteiger charge is -2.12. The summed E-state index contributed by atoms with van der Waals surface area (Å²) in [6.07, 6.45) is 1.49. The first-order valence-corrected chi connectivity index (χ1v) is 5.85. The van der Waals surface area contributed by atoms with Crippen molar-refractivity contribution >= 4 is 40.4 Å². The van der Waals surface area contributed by atoms with Gasteiger partial charge in [-0.1, -0.05) is 0 Å². The molecule has 1 aliphatic rings. The molecule has 0 unspecified atom stereocenters. The van der Waals surface area contributed by atoms with E-state index in [4.69, 9.17) is 4.84 Å². The van der Waals surface area contributed by atoms with Gasteiger partial charge in [0.25, 0.3) is 11.8 Å². The van der Waals surface area contributed by atoms with Crippen LogP contribution in [-0.2, 0) is 14.4 Å². The van der Waals surface area contributed by atoms with Gasteiger partial charge in [0.1, 0.15) is 3.70 Å². The van der Waals surface area contributed by atoms with E-state index in [2.05, 4.69) is 4.98 Å². The Balaban J connectivity index is 2.09. The van der Waals surface area contributed by atoms with E-state index in [1.165, 1.54) is 12.3 Å². The Morgan fingerprint density at radius 2 is 1.94 bits per heavy atom. The standard InChI is InChI=1S/C10H7IN2O4/c11-7-2-1-6(5-12-7)10(16)17-13-8(14)3-4-9(13)15/h1-2,5H,3-4H2. The second-order valence-corrected chi connectivity index (χ2v) is 4.44. The van der Waals surface area contributed by atoms with Crippen molar-refractivity contribution in [1.29, 1.82) is 0 Å². The predicted octanol–water partition coefficient (Wildman–Crippen LogP) is 0.907. The zero-order valence-corrected chi connectivity index (χ0v) is 10.7. The molecule has 0 saturated carbocycles. The predicted molar refractivity (Wildman–Crippen MR) is 63.5 cm³/mol. The molecular weight excluding hydrogens is 339 g/mol. The van der Waals surface area contributed by atoms with Crippen LogP contribution < -0.4 is 0 Å². The molecular formula is C10H7IN2O4. The molecule has 0 atom stereocenters. The van der Waals surface area contributed by atoms with Crippen molar-refractivity contribution in [1.82, 2.24) is 10.0 Å². The van der Waals surface area contributed by atoms with E-state index in [-0.39, 0.29) is 18.4 Å². The molecule has 88 valence electrons. The van der Waals surface area contributed by atoms with Crippen LogP contribution in [-0.4, -0.2) is 27.8 Å². The zero-order valence-electron chi connectivity index (χ0n) is 8.55. The molecule has 1 fully saturated rings. The minimum atomic E-state index is -0.766. The van der Waals surface area contributed by atoms with Gasteiger partial charge >= 0.3 is 5.97 Å². The van der Waals surface area contributed by atoms with Gasteiger partial charge < -0.3 is 4.84 Å². The van der Waals surface area contributed by atoms with Gasteiger partial charge in [-0.2, -0.15) is 0 Å². The fraction of sp³-hybridized carbons (Fsp3) is 0.200. The van der Waals surface area contributed by atoms with Crippen LogP contribution >= 0.6 is 22.6 Å². The minimum absolute atomic E-state index is 0.0804. The number of halogens is 1. The van der Waals surface area contributed by atoms with E-state index < -0.39 is 17.8 Å². The van der Waals surface area contributed by atoms with Crippen molar-refractivity contribution in [2.45, 2.75) is 12.8 Å². The number of carbonyl (C=O) groups is 3. The van der Waals surface area contributed by atoms with Gasteiger partial charge in [-0.15, -0.1) is 5.06 Å². The molecule has 0 aromatic carbocycles. The Bertz CT molecular complexity index is 470. The summed E-state index contributed by atoms with van der Waals surface area (Å²) in [5.41, 5.74) is 0.193. The number of rotatable bonds is 2. The molecule has 17 heavy (non-hydrogen) atoms. The summed E-state index contributed by atoms with van der Waals surface area (Å²) >= 11 is 1.99. The number of imide groups is 1. The van der Waals surface area contributed by atoms with Crippen LogP contribution in [0.3, 0.4) is 0 Å². The highest BCUT2D eigenvalue weighted by molar-refractivity contribution is 14.1. The van der Waals surface area contributed by atoms with E-state index in [0.717, 1.165) is 3.70 Å². The molecule has 1 aliphatic heterocycles. The topological polar surface area (TPSA) is 76.6 Å². The molecule has 1 aromatic rings. The third-order valence-corrected chi connectivity index (χ3v) is 2.78. The molecule has 6 nitrogen and oxygen atoms in total. The van der Waals surface area contributed by atoms with E-state index >= 15 is 0 Å². The third-order valence-electron chi connectivity index (χ3n) is 2.14. The summed E-state index contributed by atoms with van der Waals surface area (Å²) < 4.78 is 0.729. The summed E-state index contributed by atoms with van der Waals surface area (Å²) in [5.74, 6) is -1.76. The molecule has 0 spiro atoms. The first-order chi connectivity index (χ1) is 8.08. The van der Waals surface area contributed by atoms with Gasteiger partial charge in [0, 0.05) is 19.0 Å². The second kappa shape index (κ2) is 4.78. The van der Waals surface area contributed by atoms with Crippen LogP contribution in [0.25, 0.3) is 0 Å². The zero-order chi connectivity index (χ0) is 12.4. The first kappa shape index (κ1) is 12.0. The average molecular weight is 346 g/mol. The van der Waals surface area contributed by atoms with Crippen LogP contribution in [0.15, 0.2) is 18.3 Å². The van der Waals surface area contributed by atoms with Gasteiger partial charge in [-0.3, -0.25) is 9.59 Å². The Kier molecular flexibility index (Phi) is 3.36. The van der Waals surface area contributed by atoms with Crippen LogP contribution in [0.1, 0.15) is 23.2 Å². The van der Waals surface area contributed by atoms with Gasteiger partial charge in [0.2, 0.25) is 0 Å². The maximum Gasteiger partial charge on any atom is 0.365 e. The molecule has 2 heterocycles. The van der Waals surface area contributed by atoms with Gasteiger partial charge in [-0.05, 0) is 34.7 Å². The summed E-state index contributed by atoms with van der Waals surface area (Å²) in [6, 6.07) is 3.15. The summed E-state index contributed by atoms with van der Waals surface area (Å²) in [7, 11) is 0. The Morgan fingerprint density at radius 1 is 1.29 bits per heavy atom. The molecule has 0 bridgehead atoms. The fourth-order valence-corrected chi connectivity index (χ4v) is 1.61. The maximum atomic E-state index is 11.6. The van der Waals surface area contributed by atoms with E-state index in [1.54, 1.807) is 6.07 Å². The number of nitrogens with zero attached hydrogens (tertiary/aromatic N) is 2. The van der Waals surface area contributed by atoms with Crippen LogP contribution in [0, 0.1) is 3.70 Å². The second-order valence-electron chi connectivity index (χ2n) is 3.33. The average Bonchev–Trinajstić information content (AvgIpc) is 2.61. The van der Waals surface area contributed by atoms with Crippen molar-refractivity contribution in [2.24, 2.45) is 0 Å². The first-order valence-electron chi connectivity index (χ1n) is 4.77. The van der Waals surface area contributed by atoms with Crippen LogP contribution in [0.2, 0.25) is 0 Å². The highest BCUT2D eigenvalue weighted by Gasteiger charge is 2.33. The highest BCUT2D eigenvalue weighted by Crippen LogP contribution is 2.14. The number of hydrogen-bond acceptors (Lipinski definition) is 5. The molecule has 0 radical (unpaired) electrons. The normalized spacial score (nSPS) is 15.2. The van der Waals surface area contributed by atoms with Crippen LogP contribution in [0.4, 0.5) is 0 Å².